The molecule has 6 nitrogen and oxygen atoms in total. The van der Waals surface area contributed by atoms with Gasteiger partial charge in [0.1, 0.15) is 5.75 Å². The Morgan fingerprint density at radius 1 is 1.11 bits per heavy atom. The van der Waals surface area contributed by atoms with E-state index < -0.39 is 5.91 Å². The number of hydrogen-bond acceptors (Lipinski definition) is 3. The topological polar surface area (TPSA) is 84.7 Å². The molecule has 28 heavy (non-hydrogen) atoms. The summed E-state index contributed by atoms with van der Waals surface area (Å²) in [7, 11) is 1.64. The summed E-state index contributed by atoms with van der Waals surface area (Å²) in [5, 5.41) is 2.98. The summed E-state index contributed by atoms with van der Waals surface area (Å²) < 4.78 is 5.25. The zero-order valence-electron chi connectivity index (χ0n) is 16.4. The average Bonchev–Trinajstić information content (AvgIpc) is 2.95. The molecule has 2 aromatic carbocycles. The highest BCUT2D eigenvalue weighted by Gasteiger charge is 2.27. The van der Waals surface area contributed by atoms with Crippen LogP contribution in [0, 0.1) is 6.92 Å². The molecular weight excluding hydrogens is 354 g/mol. The summed E-state index contributed by atoms with van der Waals surface area (Å²) in [6, 6.07) is 12.8. The predicted molar refractivity (Wildman–Crippen MR) is 110 cm³/mol. The van der Waals surface area contributed by atoms with Crippen molar-refractivity contribution < 1.29 is 14.3 Å². The number of aryl methyl sites for hydroxylation is 1. The number of rotatable bonds is 4. The summed E-state index contributed by atoms with van der Waals surface area (Å²) in [6.07, 6.45) is 4.07. The van der Waals surface area contributed by atoms with Crippen LogP contribution >= 0.6 is 0 Å². The van der Waals surface area contributed by atoms with Crippen LogP contribution in [-0.2, 0) is 0 Å². The van der Waals surface area contributed by atoms with E-state index in [9.17, 15) is 9.59 Å². The molecule has 6 heteroatoms. The van der Waals surface area contributed by atoms with Crippen molar-refractivity contribution in [2.24, 2.45) is 5.73 Å². The smallest absolute Gasteiger partial charge is 0.322 e. The van der Waals surface area contributed by atoms with Crippen LogP contribution in [0.15, 0.2) is 42.5 Å². The predicted octanol–water partition coefficient (Wildman–Crippen LogP) is 4.25. The molecule has 1 saturated heterocycles. The molecule has 3 rings (SSSR count). The van der Waals surface area contributed by atoms with E-state index >= 15 is 0 Å². The number of hydrogen-bond donors (Lipinski definition) is 2. The minimum absolute atomic E-state index is 0.00744. The molecule has 1 heterocycles. The van der Waals surface area contributed by atoms with E-state index in [-0.39, 0.29) is 12.1 Å². The summed E-state index contributed by atoms with van der Waals surface area (Å²) in [4.78, 5) is 26.5. The van der Waals surface area contributed by atoms with Gasteiger partial charge in [0.15, 0.2) is 0 Å². The van der Waals surface area contributed by atoms with Crippen molar-refractivity contribution in [3.63, 3.8) is 0 Å². The number of carbonyl (C=O) groups excluding carboxylic acids is 2. The normalized spacial score (nSPS) is 16.9. The second-order valence-electron chi connectivity index (χ2n) is 7.16. The number of primary amides is 1. The second-order valence-corrected chi connectivity index (χ2v) is 7.16. The van der Waals surface area contributed by atoms with E-state index in [4.69, 9.17) is 10.5 Å². The summed E-state index contributed by atoms with van der Waals surface area (Å²) >= 11 is 0. The Morgan fingerprint density at radius 2 is 1.86 bits per heavy atom. The van der Waals surface area contributed by atoms with Gasteiger partial charge < -0.3 is 20.7 Å². The molecule has 0 aromatic heterocycles. The first-order valence-electron chi connectivity index (χ1n) is 9.61. The number of amides is 3. The maximum atomic E-state index is 13.1. The van der Waals surface area contributed by atoms with Crippen molar-refractivity contribution in [2.45, 2.75) is 38.6 Å². The lowest BCUT2D eigenvalue weighted by molar-refractivity contribution is 0.1000. The monoisotopic (exact) mass is 381 g/mol. The van der Waals surface area contributed by atoms with Crippen molar-refractivity contribution in [1.29, 1.82) is 0 Å². The number of likely N-dealkylation sites (tertiary alicyclic amines) is 1. The maximum absolute atomic E-state index is 13.1. The zero-order chi connectivity index (χ0) is 20.1. The van der Waals surface area contributed by atoms with Gasteiger partial charge in [-0.1, -0.05) is 31.0 Å². The Hall–Kier alpha value is -3.02. The zero-order valence-corrected chi connectivity index (χ0v) is 16.4. The van der Waals surface area contributed by atoms with Gasteiger partial charge >= 0.3 is 6.03 Å². The van der Waals surface area contributed by atoms with Gasteiger partial charge in [-0.2, -0.15) is 0 Å². The third-order valence-corrected chi connectivity index (χ3v) is 5.28. The summed E-state index contributed by atoms with van der Waals surface area (Å²) in [5.41, 5.74) is 8.35. The molecule has 3 N–H and O–H groups in total. The average molecular weight is 381 g/mol. The van der Waals surface area contributed by atoms with Gasteiger partial charge in [-0.3, -0.25) is 4.79 Å². The van der Waals surface area contributed by atoms with E-state index in [0.717, 1.165) is 42.6 Å². The standard InChI is InChI=1S/C22H27N3O3/c1-15-7-8-17(21(23)26)14-19(15)24-22(27)25-13-5-3-4-6-20(25)16-9-11-18(28-2)12-10-16/h7-12,14,20H,3-6,13H2,1-2H3,(H2,23,26)(H,24,27). The second kappa shape index (κ2) is 8.78. The lowest BCUT2D eigenvalue weighted by atomic mass is 10.0. The van der Waals surface area contributed by atoms with Crippen molar-refractivity contribution in [3.05, 3.63) is 59.2 Å². The molecule has 1 atom stereocenters. The van der Waals surface area contributed by atoms with Gasteiger partial charge in [0.05, 0.1) is 13.2 Å². The van der Waals surface area contributed by atoms with Gasteiger partial charge in [0.25, 0.3) is 0 Å². The van der Waals surface area contributed by atoms with E-state index in [0.29, 0.717) is 17.8 Å². The highest BCUT2D eigenvalue weighted by molar-refractivity contribution is 5.96. The largest absolute Gasteiger partial charge is 0.497 e. The Labute approximate surface area is 165 Å². The van der Waals surface area contributed by atoms with Gasteiger partial charge in [0, 0.05) is 17.8 Å². The molecular formula is C22H27N3O3. The highest BCUT2D eigenvalue weighted by Crippen LogP contribution is 2.32. The first-order valence-corrected chi connectivity index (χ1v) is 9.61. The van der Waals surface area contributed by atoms with E-state index in [1.54, 1.807) is 25.3 Å². The van der Waals surface area contributed by atoms with Crippen LogP contribution < -0.4 is 15.8 Å². The molecule has 1 unspecified atom stereocenters. The van der Waals surface area contributed by atoms with Crippen LogP contribution in [0.4, 0.5) is 10.5 Å². The molecule has 148 valence electrons. The fraction of sp³-hybridized carbons (Fsp3) is 0.364. The number of anilines is 1. The fourth-order valence-corrected chi connectivity index (χ4v) is 3.62. The summed E-state index contributed by atoms with van der Waals surface area (Å²) in [5.74, 6) is 0.286. The number of nitrogens with one attached hydrogen (secondary N) is 1. The number of carbonyl (C=O) groups is 2. The molecule has 0 aliphatic carbocycles. The Balaban J connectivity index is 1.84. The minimum atomic E-state index is -0.513. The van der Waals surface area contributed by atoms with Gasteiger partial charge in [0.2, 0.25) is 5.91 Å². The third kappa shape index (κ3) is 4.44. The third-order valence-electron chi connectivity index (χ3n) is 5.28. The van der Waals surface area contributed by atoms with Crippen molar-refractivity contribution >= 4 is 17.6 Å². The quantitative estimate of drug-likeness (QED) is 0.830. The van der Waals surface area contributed by atoms with Crippen LogP contribution in [0.5, 0.6) is 5.75 Å². The Bertz CT molecular complexity index is 849. The van der Waals surface area contributed by atoms with Gasteiger partial charge in [-0.25, -0.2) is 4.79 Å². The molecule has 2 aromatic rings. The Morgan fingerprint density at radius 3 is 2.54 bits per heavy atom. The van der Waals surface area contributed by atoms with E-state index in [2.05, 4.69) is 5.32 Å². The first kappa shape index (κ1) is 19.7. The molecule has 0 saturated carbocycles. The molecule has 0 bridgehead atoms. The molecule has 0 spiro atoms. The summed E-state index contributed by atoms with van der Waals surface area (Å²) in [6.45, 7) is 2.58. The number of methoxy groups -OCH3 is 1. The highest BCUT2D eigenvalue weighted by atomic mass is 16.5. The van der Waals surface area contributed by atoms with Crippen LogP contribution in [0.3, 0.4) is 0 Å². The van der Waals surface area contributed by atoms with Gasteiger partial charge in [-0.05, 0) is 55.2 Å². The minimum Gasteiger partial charge on any atom is -0.497 e. The number of urea groups is 1. The lowest BCUT2D eigenvalue weighted by Gasteiger charge is -2.31. The number of nitrogens with two attached hydrogens (primary N) is 1. The molecule has 1 aliphatic heterocycles. The number of benzene rings is 2. The number of ether oxygens (including phenoxy) is 1. The van der Waals surface area contributed by atoms with Crippen molar-refractivity contribution in [1.82, 2.24) is 4.90 Å². The van der Waals surface area contributed by atoms with Crippen LogP contribution in [0.1, 0.15) is 53.2 Å². The maximum Gasteiger partial charge on any atom is 0.322 e. The van der Waals surface area contributed by atoms with Crippen molar-refractivity contribution in [2.75, 3.05) is 19.0 Å². The number of nitrogens with zero attached hydrogens (tertiary/aromatic N) is 1. The van der Waals surface area contributed by atoms with Crippen LogP contribution in [-0.4, -0.2) is 30.5 Å². The SMILES string of the molecule is COc1ccc(C2CCCCCN2C(=O)Nc2cc(C(N)=O)ccc2C)cc1. The molecule has 3 amide bonds. The van der Waals surface area contributed by atoms with Gasteiger partial charge in [-0.15, -0.1) is 0 Å². The lowest BCUT2D eigenvalue weighted by Crippen LogP contribution is -2.38. The molecule has 1 fully saturated rings. The molecule has 1 aliphatic rings. The fourth-order valence-electron chi connectivity index (χ4n) is 3.62. The Kier molecular flexibility index (Phi) is 6.19. The first-order chi connectivity index (χ1) is 13.5. The van der Waals surface area contributed by atoms with E-state index in [1.165, 1.54) is 0 Å². The molecule has 0 radical (unpaired) electrons. The van der Waals surface area contributed by atoms with Crippen LogP contribution in [0.2, 0.25) is 0 Å². The van der Waals surface area contributed by atoms with E-state index in [1.807, 2.05) is 36.1 Å². The van der Waals surface area contributed by atoms with Crippen molar-refractivity contribution in [3.8, 4) is 5.75 Å². The van der Waals surface area contributed by atoms with Crippen LogP contribution in [0.25, 0.3) is 0 Å².